The Kier molecular flexibility index (Phi) is 7.65. The van der Waals surface area contributed by atoms with Crippen molar-refractivity contribution in [1.29, 1.82) is 5.26 Å². The highest BCUT2D eigenvalue weighted by molar-refractivity contribution is 7.13. The number of amides is 2. The van der Waals surface area contributed by atoms with Gasteiger partial charge in [0.15, 0.2) is 0 Å². The SMILES string of the molecule is Cc1nc(C)c(C(=O)N2CCC(c3nc(C(=O)N(CCC#N)Cc4cccnc4)cs3)CC2)s1. The number of rotatable bonds is 7. The fraction of sp³-hybridized carbons (Fsp3) is 0.417. The van der Waals surface area contributed by atoms with Gasteiger partial charge in [-0.1, -0.05) is 6.07 Å². The topological polar surface area (TPSA) is 103 Å². The number of pyridine rings is 1. The van der Waals surface area contributed by atoms with E-state index in [4.69, 9.17) is 5.26 Å². The number of carbonyl (C=O) groups is 2. The summed E-state index contributed by atoms with van der Waals surface area (Å²) in [6.07, 6.45) is 5.31. The number of aryl methyl sites for hydroxylation is 2. The van der Waals surface area contributed by atoms with E-state index in [1.54, 1.807) is 22.7 Å². The molecule has 1 aliphatic heterocycles. The van der Waals surface area contributed by atoms with Crippen LogP contribution in [0.4, 0.5) is 0 Å². The Morgan fingerprint density at radius 1 is 1.26 bits per heavy atom. The maximum Gasteiger partial charge on any atom is 0.273 e. The summed E-state index contributed by atoms with van der Waals surface area (Å²) in [6.45, 7) is 5.86. The number of likely N-dealkylation sites (tertiary alicyclic amines) is 1. The van der Waals surface area contributed by atoms with E-state index < -0.39 is 0 Å². The zero-order chi connectivity index (χ0) is 24.1. The summed E-state index contributed by atoms with van der Waals surface area (Å²) < 4.78 is 0. The molecule has 3 aromatic heterocycles. The van der Waals surface area contributed by atoms with Gasteiger partial charge in [0.05, 0.1) is 28.2 Å². The van der Waals surface area contributed by atoms with Crippen molar-refractivity contribution in [2.24, 2.45) is 0 Å². The van der Waals surface area contributed by atoms with E-state index in [9.17, 15) is 9.59 Å². The summed E-state index contributed by atoms with van der Waals surface area (Å²) in [5.74, 6) is 0.108. The molecule has 2 amide bonds. The van der Waals surface area contributed by atoms with Gasteiger partial charge in [-0.2, -0.15) is 5.26 Å². The fourth-order valence-corrected chi connectivity index (χ4v) is 5.94. The van der Waals surface area contributed by atoms with Gasteiger partial charge in [0.25, 0.3) is 11.8 Å². The second kappa shape index (κ2) is 10.8. The molecule has 0 bridgehead atoms. The number of piperidine rings is 1. The first-order chi connectivity index (χ1) is 16.5. The van der Waals surface area contributed by atoms with Crippen molar-refractivity contribution in [2.45, 2.75) is 45.6 Å². The number of nitriles is 1. The van der Waals surface area contributed by atoms with Gasteiger partial charge < -0.3 is 9.80 Å². The Balaban J connectivity index is 1.39. The molecule has 0 saturated carbocycles. The highest BCUT2D eigenvalue weighted by Crippen LogP contribution is 2.32. The van der Waals surface area contributed by atoms with E-state index in [1.807, 2.05) is 30.9 Å². The van der Waals surface area contributed by atoms with Gasteiger partial charge in [0.1, 0.15) is 10.6 Å². The normalized spacial score (nSPS) is 14.1. The zero-order valence-corrected chi connectivity index (χ0v) is 20.9. The molecule has 3 aromatic rings. The Labute approximate surface area is 206 Å². The van der Waals surface area contributed by atoms with Crippen LogP contribution in [-0.4, -0.2) is 56.2 Å². The number of aromatic nitrogens is 3. The van der Waals surface area contributed by atoms with Crippen LogP contribution in [0.5, 0.6) is 0 Å². The van der Waals surface area contributed by atoms with Crippen molar-refractivity contribution in [2.75, 3.05) is 19.6 Å². The molecule has 34 heavy (non-hydrogen) atoms. The molecule has 0 aliphatic carbocycles. The minimum atomic E-state index is -0.176. The average molecular weight is 495 g/mol. The van der Waals surface area contributed by atoms with Gasteiger partial charge >= 0.3 is 0 Å². The largest absolute Gasteiger partial charge is 0.338 e. The molecular formula is C24H26N6O2S2. The monoisotopic (exact) mass is 494 g/mol. The lowest BCUT2D eigenvalue weighted by molar-refractivity contribution is 0.0716. The predicted octanol–water partition coefficient (Wildman–Crippen LogP) is 4.19. The number of nitrogens with zero attached hydrogens (tertiary/aromatic N) is 6. The third-order valence-corrected chi connectivity index (χ3v) is 7.92. The summed E-state index contributed by atoms with van der Waals surface area (Å²) in [5, 5.41) is 12.7. The maximum absolute atomic E-state index is 13.2. The fourth-order valence-electron chi connectivity index (χ4n) is 4.09. The quantitative estimate of drug-likeness (QED) is 0.488. The molecule has 0 aromatic carbocycles. The molecule has 1 aliphatic rings. The molecule has 4 rings (SSSR count). The van der Waals surface area contributed by atoms with Gasteiger partial charge in [-0.05, 0) is 38.3 Å². The smallest absolute Gasteiger partial charge is 0.273 e. The predicted molar refractivity (Wildman–Crippen MR) is 131 cm³/mol. The summed E-state index contributed by atoms with van der Waals surface area (Å²) in [6, 6.07) is 5.86. The van der Waals surface area contributed by atoms with E-state index in [1.165, 1.54) is 22.7 Å². The van der Waals surface area contributed by atoms with Crippen LogP contribution in [0, 0.1) is 25.2 Å². The molecule has 176 valence electrons. The summed E-state index contributed by atoms with van der Waals surface area (Å²) >= 11 is 2.95. The average Bonchev–Trinajstić information content (AvgIpc) is 3.48. The van der Waals surface area contributed by atoms with Crippen LogP contribution in [0.25, 0.3) is 0 Å². The van der Waals surface area contributed by atoms with E-state index in [0.29, 0.717) is 31.9 Å². The third-order valence-electron chi connectivity index (χ3n) is 5.85. The lowest BCUT2D eigenvalue weighted by Crippen LogP contribution is -2.37. The molecule has 8 nitrogen and oxygen atoms in total. The van der Waals surface area contributed by atoms with Crippen LogP contribution in [0.3, 0.4) is 0 Å². The van der Waals surface area contributed by atoms with Crippen molar-refractivity contribution in [3.63, 3.8) is 0 Å². The van der Waals surface area contributed by atoms with Crippen LogP contribution in [0.2, 0.25) is 0 Å². The number of carbonyl (C=O) groups excluding carboxylic acids is 2. The van der Waals surface area contributed by atoms with Crippen molar-refractivity contribution >= 4 is 34.5 Å². The Morgan fingerprint density at radius 2 is 2.06 bits per heavy atom. The molecule has 0 N–H and O–H groups in total. The Bertz CT molecular complexity index is 1190. The summed E-state index contributed by atoms with van der Waals surface area (Å²) in [7, 11) is 0. The molecule has 0 radical (unpaired) electrons. The molecule has 1 fully saturated rings. The van der Waals surface area contributed by atoms with Crippen LogP contribution in [-0.2, 0) is 6.54 Å². The second-order valence-electron chi connectivity index (χ2n) is 8.28. The molecule has 0 unspecified atom stereocenters. The standard InChI is InChI=1S/C24H26N6O2S2/c1-16-21(34-17(2)27-16)24(32)29-11-6-19(7-12-29)22-28-20(15-33-22)23(31)30(10-4-8-25)14-18-5-3-9-26-13-18/h3,5,9,13,15,19H,4,6-7,10-12,14H2,1-2H3. The van der Waals surface area contributed by atoms with E-state index in [-0.39, 0.29) is 24.2 Å². The van der Waals surface area contributed by atoms with Gasteiger partial charge in [0.2, 0.25) is 0 Å². The van der Waals surface area contributed by atoms with Crippen LogP contribution < -0.4 is 0 Å². The Hall–Kier alpha value is -3.16. The van der Waals surface area contributed by atoms with Crippen molar-refractivity contribution in [1.82, 2.24) is 24.8 Å². The van der Waals surface area contributed by atoms with Gasteiger partial charge in [-0.15, -0.1) is 22.7 Å². The highest BCUT2D eigenvalue weighted by Gasteiger charge is 2.29. The van der Waals surface area contributed by atoms with Gasteiger partial charge in [-0.3, -0.25) is 14.6 Å². The minimum Gasteiger partial charge on any atom is -0.338 e. The first-order valence-electron chi connectivity index (χ1n) is 11.2. The van der Waals surface area contributed by atoms with E-state index in [0.717, 1.165) is 39.0 Å². The summed E-state index contributed by atoms with van der Waals surface area (Å²) in [5.41, 5.74) is 2.12. The molecule has 1 saturated heterocycles. The molecular weight excluding hydrogens is 468 g/mol. The van der Waals surface area contributed by atoms with Crippen LogP contribution >= 0.6 is 22.7 Å². The molecule has 4 heterocycles. The first kappa shape index (κ1) is 24.0. The summed E-state index contributed by atoms with van der Waals surface area (Å²) in [4.78, 5) is 43.5. The number of hydrogen-bond acceptors (Lipinski definition) is 8. The zero-order valence-electron chi connectivity index (χ0n) is 19.2. The number of thiazole rings is 2. The van der Waals surface area contributed by atoms with Gasteiger partial charge in [0, 0.05) is 49.9 Å². The highest BCUT2D eigenvalue weighted by atomic mass is 32.1. The van der Waals surface area contributed by atoms with E-state index >= 15 is 0 Å². The third kappa shape index (κ3) is 5.48. The van der Waals surface area contributed by atoms with Crippen molar-refractivity contribution in [3.05, 3.63) is 61.8 Å². The molecule has 0 spiro atoms. The molecule has 0 atom stereocenters. The Morgan fingerprint density at radius 3 is 2.71 bits per heavy atom. The van der Waals surface area contributed by atoms with Crippen LogP contribution in [0.15, 0.2) is 29.9 Å². The molecule has 10 heteroatoms. The van der Waals surface area contributed by atoms with Crippen molar-refractivity contribution < 1.29 is 9.59 Å². The number of hydrogen-bond donors (Lipinski definition) is 0. The minimum absolute atomic E-state index is 0.0556. The van der Waals surface area contributed by atoms with Crippen molar-refractivity contribution in [3.8, 4) is 6.07 Å². The lowest BCUT2D eigenvalue weighted by Gasteiger charge is -2.31. The van der Waals surface area contributed by atoms with Crippen LogP contribution in [0.1, 0.15) is 66.6 Å². The second-order valence-corrected chi connectivity index (χ2v) is 10.4. The van der Waals surface area contributed by atoms with E-state index in [2.05, 4.69) is 21.0 Å². The van der Waals surface area contributed by atoms with Gasteiger partial charge in [-0.25, -0.2) is 9.97 Å². The lowest BCUT2D eigenvalue weighted by atomic mass is 9.97. The maximum atomic E-state index is 13.2. The first-order valence-corrected chi connectivity index (χ1v) is 12.9.